The summed E-state index contributed by atoms with van der Waals surface area (Å²) in [6.07, 6.45) is 2.86. The minimum Gasteiger partial charge on any atom is -0.301 e. The Hall–Kier alpha value is -1.77. The summed E-state index contributed by atoms with van der Waals surface area (Å²) < 4.78 is 2.72. The van der Waals surface area contributed by atoms with Crippen LogP contribution < -0.4 is 5.32 Å². The molecule has 25 heavy (non-hydrogen) atoms. The van der Waals surface area contributed by atoms with Crippen LogP contribution in [0.2, 0.25) is 0 Å². The van der Waals surface area contributed by atoms with E-state index in [9.17, 15) is 4.79 Å². The number of aryl methyl sites for hydroxylation is 2. The van der Waals surface area contributed by atoms with Crippen LogP contribution in [0.25, 0.3) is 5.65 Å². The lowest BCUT2D eigenvalue weighted by Crippen LogP contribution is -2.25. The van der Waals surface area contributed by atoms with Crippen LogP contribution in [0.3, 0.4) is 0 Å². The molecule has 3 aromatic heterocycles. The third kappa shape index (κ3) is 2.98. The summed E-state index contributed by atoms with van der Waals surface area (Å²) in [7, 11) is 2.10. The standard InChI is InChI=1S/C17H18BrN5OS/c1-9-6-11(18)15-19-10(2)14(23(15)7-9)16(24)21-17-20-12-4-5-22(3)8-13(12)25-17/h6-7H,4-5,8H2,1-3H3,(H,20,21,24). The molecule has 130 valence electrons. The number of nitrogens with zero attached hydrogens (tertiary/aromatic N) is 4. The summed E-state index contributed by atoms with van der Waals surface area (Å²) in [5.74, 6) is -0.179. The van der Waals surface area contributed by atoms with Gasteiger partial charge in [-0.05, 0) is 48.5 Å². The molecule has 4 heterocycles. The maximum Gasteiger partial charge on any atom is 0.276 e. The number of thiazole rings is 1. The second-order valence-electron chi connectivity index (χ2n) is 6.44. The molecule has 0 spiro atoms. The van der Waals surface area contributed by atoms with Gasteiger partial charge in [-0.25, -0.2) is 9.97 Å². The van der Waals surface area contributed by atoms with E-state index >= 15 is 0 Å². The second kappa shape index (κ2) is 6.19. The Bertz CT molecular complexity index is 993. The summed E-state index contributed by atoms with van der Waals surface area (Å²) in [5.41, 5.74) is 4.15. The highest BCUT2D eigenvalue weighted by Crippen LogP contribution is 2.29. The molecule has 0 bridgehead atoms. The van der Waals surface area contributed by atoms with Crippen molar-refractivity contribution < 1.29 is 4.79 Å². The van der Waals surface area contributed by atoms with Crippen molar-refractivity contribution in [1.29, 1.82) is 0 Å². The summed E-state index contributed by atoms with van der Waals surface area (Å²) in [6, 6.07) is 1.99. The third-order valence-electron chi connectivity index (χ3n) is 4.34. The zero-order valence-corrected chi connectivity index (χ0v) is 16.7. The molecule has 1 amide bonds. The van der Waals surface area contributed by atoms with Crippen LogP contribution in [-0.2, 0) is 13.0 Å². The molecule has 1 aliphatic heterocycles. The van der Waals surface area contributed by atoms with Crippen molar-refractivity contribution in [2.24, 2.45) is 0 Å². The average molecular weight is 420 g/mol. The van der Waals surface area contributed by atoms with Gasteiger partial charge >= 0.3 is 0 Å². The predicted molar refractivity (Wildman–Crippen MR) is 102 cm³/mol. The largest absolute Gasteiger partial charge is 0.301 e. The van der Waals surface area contributed by atoms with E-state index in [0.29, 0.717) is 16.5 Å². The molecule has 0 radical (unpaired) electrons. The van der Waals surface area contributed by atoms with Gasteiger partial charge in [-0.3, -0.25) is 14.5 Å². The fourth-order valence-electron chi connectivity index (χ4n) is 3.15. The van der Waals surface area contributed by atoms with Crippen molar-refractivity contribution in [3.63, 3.8) is 0 Å². The summed E-state index contributed by atoms with van der Waals surface area (Å²) in [6.45, 7) is 5.74. The van der Waals surface area contributed by atoms with Crippen LogP contribution in [0.5, 0.6) is 0 Å². The van der Waals surface area contributed by atoms with Gasteiger partial charge in [0.05, 0.1) is 15.9 Å². The van der Waals surface area contributed by atoms with Crippen molar-refractivity contribution in [2.75, 3.05) is 18.9 Å². The number of amides is 1. The fraction of sp³-hybridized carbons (Fsp3) is 0.353. The molecule has 0 saturated heterocycles. The topological polar surface area (TPSA) is 62.5 Å². The van der Waals surface area contributed by atoms with E-state index in [1.807, 2.05) is 30.5 Å². The van der Waals surface area contributed by atoms with Gasteiger partial charge < -0.3 is 4.90 Å². The van der Waals surface area contributed by atoms with Gasteiger partial charge in [-0.2, -0.15) is 0 Å². The maximum atomic E-state index is 12.9. The van der Waals surface area contributed by atoms with Crippen LogP contribution in [-0.4, -0.2) is 38.8 Å². The minimum absolute atomic E-state index is 0.179. The van der Waals surface area contributed by atoms with Crippen molar-refractivity contribution in [3.8, 4) is 0 Å². The lowest BCUT2D eigenvalue weighted by atomic mass is 10.2. The van der Waals surface area contributed by atoms with E-state index in [1.165, 1.54) is 4.88 Å². The first-order chi connectivity index (χ1) is 11.9. The smallest absolute Gasteiger partial charge is 0.276 e. The number of rotatable bonds is 2. The van der Waals surface area contributed by atoms with Crippen molar-refractivity contribution in [2.45, 2.75) is 26.8 Å². The van der Waals surface area contributed by atoms with Crippen LogP contribution in [0.1, 0.15) is 32.3 Å². The molecule has 4 rings (SSSR count). The van der Waals surface area contributed by atoms with Gasteiger partial charge in [-0.1, -0.05) is 0 Å². The van der Waals surface area contributed by atoms with Gasteiger partial charge in [0.25, 0.3) is 5.91 Å². The molecule has 8 heteroatoms. The zero-order valence-electron chi connectivity index (χ0n) is 14.3. The molecule has 1 N–H and O–H groups in total. The van der Waals surface area contributed by atoms with E-state index in [1.54, 1.807) is 11.3 Å². The number of halogens is 1. The second-order valence-corrected chi connectivity index (χ2v) is 8.37. The van der Waals surface area contributed by atoms with Crippen molar-refractivity contribution >= 4 is 44.0 Å². The van der Waals surface area contributed by atoms with E-state index in [4.69, 9.17) is 0 Å². The van der Waals surface area contributed by atoms with Gasteiger partial charge in [0.1, 0.15) is 5.69 Å². The minimum atomic E-state index is -0.179. The molecule has 1 aliphatic rings. The summed E-state index contributed by atoms with van der Waals surface area (Å²) in [5, 5.41) is 3.62. The summed E-state index contributed by atoms with van der Waals surface area (Å²) >= 11 is 5.08. The number of anilines is 1. The van der Waals surface area contributed by atoms with E-state index < -0.39 is 0 Å². The Morgan fingerprint density at radius 2 is 2.16 bits per heavy atom. The quantitative estimate of drug-likeness (QED) is 0.690. The van der Waals surface area contributed by atoms with E-state index in [2.05, 4.69) is 43.2 Å². The Morgan fingerprint density at radius 1 is 1.36 bits per heavy atom. The lowest BCUT2D eigenvalue weighted by Gasteiger charge is -2.20. The third-order valence-corrected chi connectivity index (χ3v) is 5.93. The molecule has 3 aromatic rings. The van der Waals surface area contributed by atoms with Crippen molar-refractivity contribution in [3.05, 3.63) is 44.3 Å². The Morgan fingerprint density at radius 3 is 2.96 bits per heavy atom. The Labute approximate surface area is 158 Å². The number of nitrogens with one attached hydrogen (secondary N) is 1. The SMILES string of the molecule is Cc1cc(Br)c2nc(C)c(C(=O)Nc3nc4c(s3)CN(C)CC4)n2c1. The number of carbonyl (C=O) groups is 1. The van der Waals surface area contributed by atoms with Crippen LogP contribution in [0.15, 0.2) is 16.7 Å². The van der Waals surface area contributed by atoms with Crippen molar-refractivity contribution in [1.82, 2.24) is 19.3 Å². The highest BCUT2D eigenvalue weighted by molar-refractivity contribution is 9.10. The monoisotopic (exact) mass is 419 g/mol. The van der Waals surface area contributed by atoms with Gasteiger partial charge in [-0.15, -0.1) is 11.3 Å². The molecule has 0 atom stereocenters. The molecule has 6 nitrogen and oxygen atoms in total. The number of fused-ring (bicyclic) bond motifs is 2. The normalized spacial score (nSPS) is 14.7. The predicted octanol–water partition coefficient (Wildman–Crippen LogP) is 3.41. The highest BCUT2D eigenvalue weighted by atomic mass is 79.9. The lowest BCUT2D eigenvalue weighted by molar-refractivity contribution is 0.102. The first-order valence-electron chi connectivity index (χ1n) is 8.05. The van der Waals surface area contributed by atoms with E-state index in [-0.39, 0.29) is 5.91 Å². The number of carbonyl (C=O) groups excluding carboxylic acids is 1. The first kappa shape index (κ1) is 16.7. The molecular weight excluding hydrogens is 402 g/mol. The Kier molecular flexibility index (Phi) is 4.13. The van der Waals surface area contributed by atoms with Gasteiger partial charge in [0.15, 0.2) is 10.8 Å². The highest BCUT2D eigenvalue weighted by Gasteiger charge is 2.22. The molecule has 0 saturated carbocycles. The fourth-order valence-corrected chi connectivity index (χ4v) is 4.88. The molecule has 0 aromatic carbocycles. The number of hydrogen-bond donors (Lipinski definition) is 1. The number of hydrogen-bond acceptors (Lipinski definition) is 5. The number of imidazole rings is 1. The molecule has 0 unspecified atom stereocenters. The average Bonchev–Trinajstić information content (AvgIpc) is 3.06. The number of aromatic nitrogens is 3. The molecule has 0 aliphatic carbocycles. The molecule has 0 fully saturated rings. The zero-order chi connectivity index (χ0) is 17.7. The van der Waals surface area contributed by atoms with Gasteiger partial charge in [0.2, 0.25) is 0 Å². The summed E-state index contributed by atoms with van der Waals surface area (Å²) in [4.78, 5) is 25.5. The molecular formula is C17H18BrN5OS. The Balaban J connectivity index is 1.68. The van der Waals surface area contributed by atoms with Crippen LogP contribution in [0.4, 0.5) is 5.13 Å². The number of pyridine rings is 1. The first-order valence-corrected chi connectivity index (χ1v) is 9.66. The van der Waals surface area contributed by atoms with Crippen LogP contribution >= 0.6 is 27.3 Å². The number of likely N-dealkylation sites (N-methyl/N-ethyl adjacent to an activating group) is 1. The van der Waals surface area contributed by atoms with E-state index in [0.717, 1.165) is 40.9 Å². The van der Waals surface area contributed by atoms with Gasteiger partial charge in [0, 0.05) is 30.6 Å². The van der Waals surface area contributed by atoms with Crippen LogP contribution in [0, 0.1) is 13.8 Å². The maximum absolute atomic E-state index is 12.9.